The van der Waals surface area contributed by atoms with E-state index in [1.54, 1.807) is 18.4 Å². The van der Waals surface area contributed by atoms with Crippen molar-refractivity contribution in [1.29, 1.82) is 0 Å². The Labute approximate surface area is 85.9 Å². The molecule has 0 amide bonds. The highest BCUT2D eigenvalue weighted by Gasteiger charge is 2.21. The Hall–Kier alpha value is -0.0200. The molecule has 0 aliphatic carbocycles. The summed E-state index contributed by atoms with van der Waals surface area (Å²) in [5.41, 5.74) is 0.169. The van der Waals surface area contributed by atoms with Gasteiger partial charge in [-0.3, -0.25) is 0 Å². The van der Waals surface area contributed by atoms with Gasteiger partial charge in [-0.2, -0.15) is 0 Å². The van der Waals surface area contributed by atoms with Crippen molar-refractivity contribution in [3.05, 3.63) is 14.7 Å². The molecule has 0 aliphatic heterocycles. The minimum atomic E-state index is 0.169. The molecule has 12 heavy (non-hydrogen) atoms. The van der Waals surface area contributed by atoms with Gasteiger partial charge >= 0.3 is 0 Å². The molecule has 1 aromatic heterocycles. The summed E-state index contributed by atoms with van der Waals surface area (Å²) in [4.78, 5) is 1.29. The average Bonchev–Trinajstić information content (AvgIpc) is 2.29. The van der Waals surface area contributed by atoms with E-state index in [4.69, 9.17) is 4.74 Å². The van der Waals surface area contributed by atoms with Gasteiger partial charge in [0.15, 0.2) is 0 Å². The van der Waals surface area contributed by atoms with Crippen LogP contribution in [0, 0.1) is 0 Å². The summed E-state index contributed by atoms with van der Waals surface area (Å²) in [5, 5.41) is 0. The molecule has 0 aromatic carbocycles. The van der Waals surface area contributed by atoms with Crippen LogP contribution in [0.1, 0.15) is 25.6 Å². The van der Waals surface area contributed by atoms with E-state index in [9.17, 15) is 0 Å². The van der Waals surface area contributed by atoms with Gasteiger partial charge in [0, 0.05) is 6.07 Å². The highest BCUT2D eigenvalue weighted by Crippen LogP contribution is 2.40. The normalized spacial score (nSPS) is 11.8. The first-order valence-corrected chi connectivity index (χ1v) is 5.40. The van der Waals surface area contributed by atoms with Crippen molar-refractivity contribution in [2.75, 3.05) is 7.11 Å². The van der Waals surface area contributed by atoms with Gasteiger partial charge in [-0.25, -0.2) is 0 Å². The molecular weight excluding hydrogens is 236 g/mol. The molecule has 1 heterocycles. The zero-order valence-electron chi connectivity index (χ0n) is 7.77. The largest absolute Gasteiger partial charge is 0.496 e. The maximum atomic E-state index is 5.27. The van der Waals surface area contributed by atoms with Crippen molar-refractivity contribution in [2.24, 2.45) is 0 Å². The third-order valence-corrected chi connectivity index (χ3v) is 3.61. The Morgan fingerprint density at radius 3 is 2.33 bits per heavy atom. The summed E-state index contributed by atoms with van der Waals surface area (Å²) in [6.45, 7) is 6.56. The highest BCUT2D eigenvalue weighted by atomic mass is 79.9. The van der Waals surface area contributed by atoms with Gasteiger partial charge in [0.05, 0.1) is 15.8 Å². The topological polar surface area (TPSA) is 9.23 Å². The number of ether oxygens (including phenoxy) is 1. The molecule has 0 saturated heterocycles. The number of hydrogen-bond donors (Lipinski definition) is 0. The van der Waals surface area contributed by atoms with Crippen molar-refractivity contribution in [2.45, 2.75) is 26.2 Å². The van der Waals surface area contributed by atoms with Gasteiger partial charge in [0.1, 0.15) is 5.75 Å². The predicted molar refractivity (Wildman–Crippen MR) is 57.3 cm³/mol. The Morgan fingerprint density at radius 2 is 2.00 bits per heavy atom. The second-order valence-electron chi connectivity index (χ2n) is 3.70. The molecule has 3 heteroatoms. The molecule has 0 radical (unpaired) electrons. The number of rotatable bonds is 1. The number of hydrogen-bond acceptors (Lipinski definition) is 2. The van der Waals surface area contributed by atoms with Crippen LogP contribution in [-0.2, 0) is 5.41 Å². The SMILES string of the molecule is COc1cc(Br)sc1C(C)(C)C. The quantitative estimate of drug-likeness (QED) is 0.735. The summed E-state index contributed by atoms with van der Waals surface area (Å²) in [6.07, 6.45) is 0. The lowest BCUT2D eigenvalue weighted by Crippen LogP contribution is -2.09. The lowest BCUT2D eigenvalue weighted by Gasteiger charge is -2.17. The van der Waals surface area contributed by atoms with Crippen molar-refractivity contribution in [1.82, 2.24) is 0 Å². The molecule has 0 saturated carbocycles. The monoisotopic (exact) mass is 248 g/mol. The number of thiophene rings is 1. The molecule has 1 aromatic rings. The van der Waals surface area contributed by atoms with E-state index >= 15 is 0 Å². The maximum absolute atomic E-state index is 5.27. The van der Waals surface area contributed by atoms with E-state index in [0.717, 1.165) is 9.54 Å². The van der Waals surface area contributed by atoms with E-state index in [1.165, 1.54) is 4.88 Å². The van der Waals surface area contributed by atoms with Crippen LogP contribution in [0.2, 0.25) is 0 Å². The average molecular weight is 249 g/mol. The second-order valence-corrected chi connectivity index (χ2v) is 6.13. The first kappa shape index (κ1) is 10.1. The molecule has 0 aliphatic rings. The van der Waals surface area contributed by atoms with Crippen molar-refractivity contribution in [3.8, 4) is 5.75 Å². The van der Waals surface area contributed by atoms with E-state index in [-0.39, 0.29) is 5.41 Å². The van der Waals surface area contributed by atoms with Gasteiger partial charge in [-0.1, -0.05) is 20.8 Å². The minimum absolute atomic E-state index is 0.169. The summed E-state index contributed by atoms with van der Waals surface area (Å²) < 4.78 is 6.40. The van der Waals surface area contributed by atoms with Crippen LogP contribution < -0.4 is 4.74 Å². The van der Waals surface area contributed by atoms with Crippen LogP contribution in [-0.4, -0.2) is 7.11 Å². The fraction of sp³-hybridized carbons (Fsp3) is 0.556. The maximum Gasteiger partial charge on any atom is 0.134 e. The van der Waals surface area contributed by atoms with Crippen molar-refractivity contribution < 1.29 is 4.74 Å². The fourth-order valence-electron chi connectivity index (χ4n) is 1.02. The first-order chi connectivity index (χ1) is 5.45. The van der Waals surface area contributed by atoms with Crippen LogP contribution in [0.5, 0.6) is 5.75 Å². The Balaban J connectivity index is 3.13. The molecule has 68 valence electrons. The zero-order valence-corrected chi connectivity index (χ0v) is 10.2. The fourth-order valence-corrected chi connectivity index (χ4v) is 2.62. The summed E-state index contributed by atoms with van der Waals surface area (Å²) >= 11 is 5.19. The van der Waals surface area contributed by atoms with Crippen LogP contribution >= 0.6 is 27.3 Å². The van der Waals surface area contributed by atoms with E-state index in [0.29, 0.717) is 0 Å². The van der Waals surface area contributed by atoms with Crippen LogP contribution in [0.3, 0.4) is 0 Å². The molecule has 0 fully saturated rings. The first-order valence-electron chi connectivity index (χ1n) is 3.79. The van der Waals surface area contributed by atoms with Crippen molar-refractivity contribution in [3.63, 3.8) is 0 Å². The van der Waals surface area contributed by atoms with Crippen LogP contribution in [0.25, 0.3) is 0 Å². The Morgan fingerprint density at radius 1 is 1.42 bits per heavy atom. The Kier molecular flexibility index (Phi) is 2.84. The van der Waals surface area contributed by atoms with Crippen LogP contribution in [0.4, 0.5) is 0 Å². The Bertz CT molecular complexity index is 273. The standard InChI is InChI=1S/C9H13BrOS/c1-9(2,3)8-6(11-4)5-7(10)12-8/h5H,1-4H3. The van der Waals surface area contributed by atoms with Gasteiger partial charge in [0.2, 0.25) is 0 Å². The number of halogens is 1. The summed E-state index contributed by atoms with van der Waals surface area (Å²) in [6, 6.07) is 2.02. The lowest BCUT2D eigenvalue weighted by atomic mass is 9.94. The third-order valence-electron chi connectivity index (χ3n) is 1.57. The molecule has 0 atom stereocenters. The van der Waals surface area contributed by atoms with Gasteiger partial charge in [-0.05, 0) is 21.3 Å². The zero-order chi connectivity index (χ0) is 9.35. The van der Waals surface area contributed by atoms with E-state index in [2.05, 4.69) is 36.7 Å². The van der Waals surface area contributed by atoms with Crippen LogP contribution in [0.15, 0.2) is 9.85 Å². The molecule has 0 N–H and O–H groups in total. The molecule has 0 spiro atoms. The molecule has 0 bridgehead atoms. The van der Waals surface area contributed by atoms with Gasteiger partial charge < -0.3 is 4.74 Å². The molecule has 0 unspecified atom stereocenters. The molecule has 1 rings (SSSR count). The highest BCUT2D eigenvalue weighted by molar-refractivity contribution is 9.11. The van der Waals surface area contributed by atoms with Gasteiger partial charge in [-0.15, -0.1) is 11.3 Å². The third kappa shape index (κ3) is 2.02. The lowest BCUT2D eigenvalue weighted by molar-refractivity contribution is 0.402. The summed E-state index contributed by atoms with van der Waals surface area (Å²) in [7, 11) is 1.71. The van der Waals surface area contributed by atoms with E-state index in [1.807, 2.05) is 6.07 Å². The number of methoxy groups -OCH3 is 1. The minimum Gasteiger partial charge on any atom is -0.496 e. The molecule has 1 nitrogen and oxygen atoms in total. The van der Waals surface area contributed by atoms with E-state index < -0.39 is 0 Å². The second kappa shape index (κ2) is 3.38. The molecular formula is C9H13BrOS. The summed E-state index contributed by atoms with van der Waals surface area (Å²) in [5.74, 6) is 0.986. The van der Waals surface area contributed by atoms with Crippen molar-refractivity contribution >= 4 is 27.3 Å². The predicted octanol–water partition coefficient (Wildman–Crippen LogP) is 3.82. The van der Waals surface area contributed by atoms with Gasteiger partial charge in [0.25, 0.3) is 0 Å². The smallest absolute Gasteiger partial charge is 0.134 e.